The fourth-order valence-corrected chi connectivity index (χ4v) is 3.68. The molecule has 0 radical (unpaired) electrons. The lowest BCUT2D eigenvalue weighted by Gasteiger charge is -2.42. The second-order valence-electron chi connectivity index (χ2n) is 6.66. The van der Waals surface area contributed by atoms with Crippen molar-refractivity contribution in [2.75, 3.05) is 17.3 Å². The highest BCUT2D eigenvalue weighted by Crippen LogP contribution is 2.37. The highest BCUT2D eigenvalue weighted by atomic mass is 16.5. The van der Waals surface area contributed by atoms with E-state index in [1.165, 1.54) is 0 Å². The van der Waals surface area contributed by atoms with Crippen LogP contribution in [0.3, 0.4) is 0 Å². The van der Waals surface area contributed by atoms with Crippen molar-refractivity contribution >= 4 is 28.1 Å². The molecule has 1 aromatic heterocycles. The maximum atomic E-state index is 13.3. The molecule has 1 atom stereocenters. The van der Waals surface area contributed by atoms with Gasteiger partial charge in [-0.3, -0.25) is 4.79 Å². The molecular formula is C23H23N3O2. The van der Waals surface area contributed by atoms with Gasteiger partial charge < -0.3 is 19.9 Å². The average Bonchev–Trinajstić information content (AvgIpc) is 3.17. The van der Waals surface area contributed by atoms with Crippen LogP contribution in [0.25, 0.3) is 10.9 Å². The summed E-state index contributed by atoms with van der Waals surface area (Å²) in [5.74, 6) is 0.747. The number of Topliss-reactive ketones (excluding diaryl/α,β-unsaturated/α-hetero) is 1. The Morgan fingerprint density at radius 2 is 1.93 bits per heavy atom. The van der Waals surface area contributed by atoms with Gasteiger partial charge in [0.25, 0.3) is 0 Å². The number of carbonyl (C=O) groups is 1. The number of allylic oxidation sites excluding steroid dienone is 2. The standard InChI is InChI=1S/C23H23N3O2/c1-3-22(27)23(25-19-12-6-7-13-21(19)28-2)14-8-9-15-26(23)20-16-24-18-11-5-4-10-17(18)20/h4-16,24-25H,3H2,1-2H3. The van der Waals surface area contributed by atoms with Crippen LogP contribution in [-0.2, 0) is 4.79 Å². The third-order valence-electron chi connectivity index (χ3n) is 5.07. The van der Waals surface area contributed by atoms with Gasteiger partial charge in [0.2, 0.25) is 0 Å². The minimum Gasteiger partial charge on any atom is -0.495 e. The third-order valence-corrected chi connectivity index (χ3v) is 5.07. The van der Waals surface area contributed by atoms with E-state index in [0.29, 0.717) is 12.2 Å². The molecule has 0 saturated carbocycles. The fourth-order valence-electron chi connectivity index (χ4n) is 3.68. The smallest absolute Gasteiger partial charge is 0.194 e. The molecule has 1 unspecified atom stereocenters. The summed E-state index contributed by atoms with van der Waals surface area (Å²) in [6.07, 6.45) is 10.0. The molecule has 0 saturated heterocycles. The van der Waals surface area contributed by atoms with Gasteiger partial charge in [0.05, 0.1) is 18.5 Å². The lowest BCUT2D eigenvalue weighted by Crippen LogP contribution is -2.57. The van der Waals surface area contributed by atoms with Crippen LogP contribution < -0.4 is 15.0 Å². The van der Waals surface area contributed by atoms with Crippen LogP contribution in [0.5, 0.6) is 5.75 Å². The lowest BCUT2D eigenvalue weighted by molar-refractivity contribution is -0.121. The number of methoxy groups -OCH3 is 1. The Morgan fingerprint density at radius 3 is 2.75 bits per heavy atom. The number of anilines is 2. The van der Waals surface area contributed by atoms with E-state index in [2.05, 4.69) is 16.4 Å². The maximum absolute atomic E-state index is 13.3. The van der Waals surface area contributed by atoms with Crippen LogP contribution in [-0.4, -0.2) is 23.5 Å². The average molecular weight is 373 g/mol. The second-order valence-corrected chi connectivity index (χ2v) is 6.66. The van der Waals surface area contributed by atoms with Gasteiger partial charge in [-0.2, -0.15) is 0 Å². The Morgan fingerprint density at radius 1 is 1.14 bits per heavy atom. The van der Waals surface area contributed by atoms with E-state index < -0.39 is 5.66 Å². The highest BCUT2D eigenvalue weighted by molar-refractivity contribution is 6.02. The number of benzene rings is 2. The molecule has 1 aliphatic rings. The molecule has 0 amide bonds. The molecule has 0 spiro atoms. The summed E-state index contributed by atoms with van der Waals surface area (Å²) in [6, 6.07) is 15.7. The van der Waals surface area contributed by atoms with Gasteiger partial charge in [-0.25, -0.2) is 0 Å². The summed E-state index contributed by atoms with van der Waals surface area (Å²) in [5, 5.41) is 4.52. The van der Waals surface area contributed by atoms with Gasteiger partial charge in [-0.1, -0.05) is 43.3 Å². The van der Waals surface area contributed by atoms with E-state index in [4.69, 9.17) is 4.74 Å². The molecule has 5 nitrogen and oxygen atoms in total. The number of fused-ring (bicyclic) bond motifs is 1. The number of rotatable bonds is 6. The Hall–Kier alpha value is -3.47. The van der Waals surface area contributed by atoms with Crippen LogP contribution in [0, 0.1) is 0 Å². The molecule has 2 heterocycles. The van der Waals surface area contributed by atoms with Crippen molar-refractivity contribution in [1.29, 1.82) is 0 Å². The summed E-state index contributed by atoms with van der Waals surface area (Å²) < 4.78 is 5.50. The van der Waals surface area contributed by atoms with Crippen molar-refractivity contribution in [1.82, 2.24) is 4.98 Å². The fraction of sp³-hybridized carbons (Fsp3) is 0.174. The van der Waals surface area contributed by atoms with Gasteiger partial charge in [-0.05, 0) is 30.4 Å². The molecule has 2 aromatic carbocycles. The molecule has 0 bridgehead atoms. The van der Waals surface area contributed by atoms with Crippen LogP contribution >= 0.6 is 0 Å². The van der Waals surface area contributed by atoms with Crippen LogP contribution in [0.2, 0.25) is 0 Å². The molecule has 1 aliphatic heterocycles. The minimum absolute atomic E-state index is 0.0595. The van der Waals surface area contributed by atoms with Crippen molar-refractivity contribution in [3.05, 3.63) is 79.2 Å². The Kier molecular flexibility index (Phi) is 4.65. The molecule has 0 aliphatic carbocycles. The highest BCUT2D eigenvalue weighted by Gasteiger charge is 2.42. The van der Waals surface area contributed by atoms with Gasteiger partial charge in [0.15, 0.2) is 11.4 Å². The zero-order chi connectivity index (χ0) is 19.6. The zero-order valence-electron chi connectivity index (χ0n) is 16.0. The molecule has 28 heavy (non-hydrogen) atoms. The topological polar surface area (TPSA) is 57.4 Å². The van der Waals surface area contributed by atoms with Crippen molar-refractivity contribution in [3.8, 4) is 5.75 Å². The van der Waals surface area contributed by atoms with Crippen molar-refractivity contribution in [3.63, 3.8) is 0 Å². The first-order chi connectivity index (χ1) is 13.7. The maximum Gasteiger partial charge on any atom is 0.194 e. The lowest BCUT2D eigenvalue weighted by atomic mass is 9.95. The number of H-pyrrole nitrogens is 1. The van der Waals surface area contributed by atoms with Gasteiger partial charge >= 0.3 is 0 Å². The third kappa shape index (κ3) is 2.85. The number of nitrogens with zero attached hydrogens (tertiary/aromatic N) is 1. The SMILES string of the molecule is CCC(=O)C1(Nc2ccccc2OC)C=CC=CN1c1c[nH]c2ccccc12. The number of carbonyl (C=O) groups excluding carboxylic acids is 1. The number of ketones is 1. The van der Waals surface area contributed by atoms with Crippen LogP contribution in [0.15, 0.2) is 79.2 Å². The number of aromatic amines is 1. The number of nitrogens with one attached hydrogen (secondary N) is 2. The van der Waals surface area contributed by atoms with Crippen molar-refractivity contribution < 1.29 is 9.53 Å². The summed E-state index contributed by atoms with van der Waals surface area (Å²) in [4.78, 5) is 18.6. The molecule has 4 rings (SSSR count). The summed E-state index contributed by atoms with van der Waals surface area (Å²) in [6.45, 7) is 1.88. The molecule has 2 N–H and O–H groups in total. The second kappa shape index (κ2) is 7.27. The van der Waals surface area contributed by atoms with E-state index in [1.807, 2.05) is 84.9 Å². The summed E-state index contributed by atoms with van der Waals surface area (Å²) in [5.41, 5.74) is 1.66. The Balaban J connectivity index is 1.87. The van der Waals surface area contributed by atoms with Gasteiger partial charge in [-0.15, -0.1) is 0 Å². The van der Waals surface area contributed by atoms with Gasteiger partial charge in [0, 0.05) is 29.7 Å². The number of ether oxygens (including phenoxy) is 1. The molecule has 142 valence electrons. The van der Waals surface area contributed by atoms with Crippen LogP contribution in [0.1, 0.15) is 13.3 Å². The summed E-state index contributed by atoms with van der Waals surface area (Å²) in [7, 11) is 1.63. The number of aromatic nitrogens is 1. The van der Waals surface area contributed by atoms with Gasteiger partial charge in [0.1, 0.15) is 5.75 Å². The van der Waals surface area contributed by atoms with E-state index in [-0.39, 0.29) is 5.78 Å². The largest absolute Gasteiger partial charge is 0.495 e. The van der Waals surface area contributed by atoms with E-state index in [9.17, 15) is 4.79 Å². The quantitative estimate of drug-likeness (QED) is 0.648. The molecule has 3 aromatic rings. The number of hydrogen-bond acceptors (Lipinski definition) is 4. The predicted molar refractivity (Wildman–Crippen MR) is 114 cm³/mol. The first-order valence-electron chi connectivity index (χ1n) is 9.35. The minimum atomic E-state index is -1.05. The van der Waals surface area contributed by atoms with Crippen LogP contribution in [0.4, 0.5) is 11.4 Å². The first kappa shape index (κ1) is 17.9. The molecule has 0 fully saturated rings. The summed E-state index contributed by atoms with van der Waals surface area (Å²) >= 11 is 0. The van der Waals surface area contributed by atoms with E-state index in [1.54, 1.807) is 7.11 Å². The normalized spacial score (nSPS) is 18.4. The number of para-hydroxylation sites is 3. The first-order valence-corrected chi connectivity index (χ1v) is 9.35. The predicted octanol–water partition coefficient (Wildman–Crippen LogP) is 4.85. The Labute approximate surface area is 164 Å². The van der Waals surface area contributed by atoms with Crippen molar-refractivity contribution in [2.45, 2.75) is 19.0 Å². The van der Waals surface area contributed by atoms with E-state index >= 15 is 0 Å². The molecular weight excluding hydrogens is 350 g/mol. The Bertz CT molecular complexity index is 1070. The van der Waals surface area contributed by atoms with E-state index in [0.717, 1.165) is 22.3 Å². The zero-order valence-corrected chi connectivity index (χ0v) is 16.0. The molecule has 5 heteroatoms. The monoisotopic (exact) mass is 373 g/mol. The number of hydrogen-bond donors (Lipinski definition) is 2. The van der Waals surface area contributed by atoms with Crippen molar-refractivity contribution in [2.24, 2.45) is 0 Å².